The van der Waals surface area contributed by atoms with Crippen molar-refractivity contribution in [1.82, 2.24) is 10.8 Å². The van der Waals surface area contributed by atoms with Crippen LogP contribution in [0.3, 0.4) is 0 Å². The molecule has 0 atom stereocenters. The van der Waals surface area contributed by atoms with E-state index in [4.69, 9.17) is 0 Å². The maximum absolute atomic E-state index is 12.5. The van der Waals surface area contributed by atoms with Gasteiger partial charge in [0.25, 0.3) is 11.9 Å². The Morgan fingerprint density at radius 3 is 2.48 bits per heavy atom. The van der Waals surface area contributed by atoms with Gasteiger partial charge in [-0.2, -0.15) is 13.2 Å². The van der Waals surface area contributed by atoms with Crippen molar-refractivity contribution in [2.45, 2.75) is 6.18 Å². The number of oxime groups is 1. The molecular formula is C11H13ClF3N3O3. The minimum Gasteiger partial charge on any atom is -0.396 e. The third kappa shape index (κ3) is 5.88. The van der Waals surface area contributed by atoms with E-state index < -0.39 is 17.6 Å². The second kappa shape index (κ2) is 8.32. The molecule has 0 aliphatic rings. The predicted octanol–water partition coefficient (Wildman–Crippen LogP) is 1.93. The number of nitrogens with one attached hydrogen (secondary N) is 2. The number of nitrogens with zero attached hydrogens (tertiary/aromatic N) is 1. The summed E-state index contributed by atoms with van der Waals surface area (Å²) in [6.07, 6.45) is -4.52. The zero-order chi connectivity index (χ0) is 15.2. The van der Waals surface area contributed by atoms with Crippen LogP contribution in [-0.2, 0) is 15.9 Å². The predicted molar refractivity (Wildman–Crippen MR) is 70.7 cm³/mol. The van der Waals surface area contributed by atoms with Gasteiger partial charge < -0.3 is 4.84 Å². The second-order valence-corrected chi connectivity index (χ2v) is 3.46. The topological polar surface area (TPSA) is 71.9 Å². The van der Waals surface area contributed by atoms with Gasteiger partial charge in [0.05, 0.1) is 12.7 Å². The van der Waals surface area contributed by atoms with Gasteiger partial charge in [0.15, 0.2) is 0 Å². The number of guanidine groups is 1. The van der Waals surface area contributed by atoms with Gasteiger partial charge in [-0.1, -0.05) is 6.07 Å². The number of hydroxylamine groups is 1. The van der Waals surface area contributed by atoms with Gasteiger partial charge in [-0.15, -0.1) is 12.4 Å². The fourth-order valence-corrected chi connectivity index (χ4v) is 1.27. The number of hydrogen-bond donors (Lipinski definition) is 2. The standard InChI is InChI=1S/C11H12F3N3O3.ClH/c1-19-16-10(17-20-2)15-9(18)7-4-3-5-8(6-7)11(12,13)14;/h3-6H,1-2H3,(H2,15,16,17,18);1H. The van der Waals surface area contributed by atoms with Crippen molar-refractivity contribution in [2.24, 2.45) is 5.16 Å². The molecule has 0 bridgehead atoms. The largest absolute Gasteiger partial charge is 0.416 e. The molecule has 2 N–H and O–H groups in total. The summed E-state index contributed by atoms with van der Waals surface area (Å²) < 4.78 is 37.6. The van der Waals surface area contributed by atoms with Gasteiger partial charge in [0.2, 0.25) is 0 Å². The zero-order valence-electron chi connectivity index (χ0n) is 11.0. The first-order valence-electron chi connectivity index (χ1n) is 5.27. The Morgan fingerprint density at radius 1 is 1.29 bits per heavy atom. The summed E-state index contributed by atoms with van der Waals surface area (Å²) in [5, 5.41) is 5.57. The fourth-order valence-electron chi connectivity index (χ4n) is 1.27. The maximum atomic E-state index is 12.5. The van der Waals surface area contributed by atoms with Crippen LogP contribution in [0, 0.1) is 0 Å². The highest BCUT2D eigenvalue weighted by Gasteiger charge is 2.30. The Balaban J connectivity index is 0.00000400. The molecule has 0 aliphatic carbocycles. The second-order valence-electron chi connectivity index (χ2n) is 3.46. The first-order chi connectivity index (χ1) is 9.38. The molecule has 0 saturated heterocycles. The quantitative estimate of drug-likeness (QED) is 0.505. The van der Waals surface area contributed by atoms with E-state index in [1.54, 1.807) is 0 Å². The summed E-state index contributed by atoms with van der Waals surface area (Å²) in [5.74, 6) is -0.992. The van der Waals surface area contributed by atoms with Crippen molar-refractivity contribution in [1.29, 1.82) is 0 Å². The van der Waals surface area contributed by atoms with E-state index in [1.807, 2.05) is 0 Å². The minimum absolute atomic E-state index is 0. The van der Waals surface area contributed by atoms with E-state index in [1.165, 1.54) is 20.3 Å². The van der Waals surface area contributed by atoms with Gasteiger partial charge in [0, 0.05) is 5.56 Å². The zero-order valence-corrected chi connectivity index (χ0v) is 11.8. The van der Waals surface area contributed by atoms with Crippen molar-refractivity contribution in [2.75, 3.05) is 14.2 Å². The third-order valence-electron chi connectivity index (χ3n) is 2.07. The molecule has 0 fully saturated rings. The van der Waals surface area contributed by atoms with Crippen LogP contribution in [0.25, 0.3) is 0 Å². The number of alkyl halides is 3. The monoisotopic (exact) mass is 327 g/mol. The number of halogens is 4. The van der Waals surface area contributed by atoms with Crippen LogP contribution < -0.4 is 10.8 Å². The first-order valence-corrected chi connectivity index (χ1v) is 5.27. The molecule has 0 saturated carbocycles. The highest BCUT2D eigenvalue weighted by atomic mass is 35.5. The van der Waals surface area contributed by atoms with Crippen molar-refractivity contribution >= 4 is 24.3 Å². The van der Waals surface area contributed by atoms with E-state index in [9.17, 15) is 18.0 Å². The molecule has 118 valence electrons. The van der Waals surface area contributed by atoms with E-state index in [0.29, 0.717) is 0 Å². The van der Waals surface area contributed by atoms with E-state index >= 15 is 0 Å². The van der Waals surface area contributed by atoms with Crippen molar-refractivity contribution < 1.29 is 27.6 Å². The van der Waals surface area contributed by atoms with Gasteiger partial charge in [-0.25, -0.2) is 5.48 Å². The first kappa shape index (κ1) is 19.0. The number of carbonyl (C=O) groups is 1. The third-order valence-corrected chi connectivity index (χ3v) is 2.07. The van der Waals surface area contributed by atoms with Crippen LogP contribution in [-0.4, -0.2) is 26.1 Å². The Hall–Kier alpha value is -2.00. The molecule has 0 spiro atoms. The van der Waals surface area contributed by atoms with Crippen LogP contribution in [0.15, 0.2) is 29.4 Å². The lowest BCUT2D eigenvalue weighted by Crippen LogP contribution is -2.40. The minimum atomic E-state index is -4.52. The van der Waals surface area contributed by atoms with Gasteiger partial charge in [-0.05, 0) is 23.4 Å². The summed E-state index contributed by atoms with van der Waals surface area (Å²) in [7, 11) is 2.50. The summed E-state index contributed by atoms with van der Waals surface area (Å²) in [4.78, 5) is 20.7. The smallest absolute Gasteiger partial charge is 0.396 e. The Morgan fingerprint density at radius 2 is 1.95 bits per heavy atom. The van der Waals surface area contributed by atoms with Crippen molar-refractivity contribution in [3.63, 3.8) is 0 Å². The fraction of sp³-hybridized carbons (Fsp3) is 0.273. The van der Waals surface area contributed by atoms with E-state index in [2.05, 4.69) is 25.6 Å². The number of hydrogen-bond acceptors (Lipinski definition) is 4. The molecule has 0 heterocycles. The molecule has 1 aromatic rings. The number of benzene rings is 1. The lowest BCUT2D eigenvalue weighted by molar-refractivity contribution is -0.137. The molecular weight excluding hydrogens is 315 g/mol. The van der Waals surface area contributed by atoms with Gasteiger partial charge >= 0.3 is 6.18 Å². The molecule has 1 aromatic carbocycles. The molecule has 0 unspecified atom stereocenters. The molecule has 0 aromatic heterocycles. The molecule has 10 heteroatoms. The maximum Gasteiger partial charge on any atom is 0.416 e. The normalized spacial score (nSPS) is 11.4. The summed E-state index contributed by atoms with van der Waals surface area (Å²) in [6, 6.07) is 3.97. The molecule has 6 nitrogen and oxygen atoms in total. The molecule has 21 heavy (non-hydrogen) atoms. The van der Waals surface area contributed by atoms with Gasteiger partial charge in [-0.3, -0.25) is 14.9 Å². The highest BCUT2D eigenvalue weighted by Crippen LogP contribution is 2.29. The molecule has 1 amide bonds. The van der Waals surface area contributed by atoms with Gasteiger partial charge in [0.1, 0.15) is 7.11 Å². The summed E-state index contributed by atoms with van der Waals surface area (Å²) >= 11 is 0. The van der Waals surface area contributed by atoms with Crippen LogP contribution >= 0.6 is 12.4 Å². The molecule has 0 radical (unpaired) electrons. The number of rotatable bonds is 3. The average Bonchev–Trinajstić information content (AvgIpc) is 2.38. The molecule has 0 aliphatic heterocycles. The number of amides is 1. The number of carbonyl (C=O) groups excluding carboxylic acids is 1. The van der Waals surface area contributed by atoms with Crippen LogP contribution in [0.2, 0.25) is 0 Å². The Bertz CT molecular complexity index is 509. The summed E-state index contributed by atoms with van der Waals surface area (Å²) in [6.45, 7) is 0. The summed E-state index contributed by atoms with van der Waals surface area (Å²) in [5.41, 5.74) is 1.10. The lowest BCUT2D eigenvalue weighted by Gasteiger charge is -2.10. The van der Waals surface area contributed by atoms with Crippen LogP contribution in [0.4, 0.5) is 13.2 Å². The highest BCUT2D eigenvalue weighted by molar-refractivity contribution is 6.05. The molecule has 1 rings (SSSR count). The van der Waals surface area contributed by atoms with Crippen molar-refractivity contribution in [3.05, 3.63) is 35.4 Å². The van der Waals surface area contributed by atoms with Crippen molar-refractivity contribution in [3.8, 4) is 0 Å². The van der Waals surface area contributed by atoms with E-state index in [-0.39, 0.29) is 23.9 Å². The lowest BCUT2D eigenvalue weighted by atomic mass is 10.1. The Labute approximate surface area is 124 Å². The SMILES string of the molecule is CON=C(NOC)NC(=O)c1cccc(C(F)(F)F)c1.Cl. The van der Waals surface area contributed by atoms with Crippen LogP contribution in [0.1, 0.15) is 15.9 Å². The van der Waals surface area contributed by atoms with E-state index in [0.717, 1.165) is 18.2 Å². The average molecular weight is 328 g/mol. The Kier molecular flexibility index (Phi) is 7.53. The van der Waals surface area contributed by atoms with Crippen LogP contribution in [0.5, 0.6) is 0 Å².